The number of rotatable bonds is 3. The first kappa shape index (κ1) is 13.3. The Morgan fingerprint density at radius 1 is 1.47 bits per heavy atom. The topological polar surface area (TPSA) is 93.0 Å². The van der Waals surface area contributed by atoms with E-state index in [9.17, 15) is 10.1 Å². The number of thiocarbonyl (C=S) groups is 1. The first-order valence-corrected chi connectivity index (χ1v) is 6.36. The summed E-state index contributed by atoms with van der Waals surface area (Å²) < 4.78 is 3.77. The fourth-order valence-corrected chi connectivity index (χ4v) is 2.16. The smallest absolute Gasteiger partial charge is 0.271 e. The molecule has 1 aromatic carbocycles. The Labute approximate surface area is 118 Å². The largest absolute Gasteiger partial charge is 0.332 e. The number of aromatic nitrogens is 2. The van der Waals surface area contributed by atoms with Gasteiger partial charge >= 0.3 is 0 Å². The molecule has 2 aromatic rings. The number of hydrogen-bond donors (Lipinski definition) is 2. The standard InChI is InChI=1S/C10H9N5O2S2/c1-6-9(19-14-13-6)12-10(18)11-7-3-2-4-8(5-7)15(16)17/h2-5H,1H3,(H2,11,12,18). The van der Waals surface area contributed by atoms with Crippen molar-refractivity contribution in [3.8, 4) is 0 Å². The minimum Gasteiger partial charge on any atom is -0.332 e. The zero-order valence-corrected chi connectivity index (χ0v) is 11.4. The highest BCUT2D eigenvalue weighted by molar-refractivity contribution is 7.80. The predicted octanol–water partition coefficient (Wildman–Crippen LogP) is 2.56. The van der Waals surface area contributed by atoms with E-state index in [1.165, 1.54) is 23.7 Å². The summed E-state index contributed by atoms with van der Waals surface area (Å²) >= 11 is 6.30. The van der Waals surface area contributed by atoms with E-state index in [1.807, 2.05) is 6.92 Å². The van der Waals surface area contributed by atoms with Crippen LogP contribution in [0, 0.1) is 17.0 Å². The number of aryl methyl sites for hydroxylation is 1. The number of non-ortho nitro benzene ring substituents is 1. The van der Waals surface area contributed by atoms with Gasteiger partial charge in [-0.2, -0.15) is 0 Å². The summed E-state index contributed by atoms with van der Waals surface area (Å²) in [6.45, 7) is 1.81. The van der Waals surface area contributed by atoms with Crippen LogP contribution in [0.4, 0.5) is 16.4 Å². The van der Waals surface area contributed by atoms with E-state index in [1.54, 1.807) is 12.1 Å². The highest BCUT2D eigenvalue weighted by atomic mass is 32.1. The van der Waals surface area contributed by atoms with Gasteiger partial charge in [0.1, 0.15) is 5.00 Å². The molecule has 0 bridgehead atoms. The van der Waals surface area contributed by atoms with E-state index in [4.69, 9.17) is 12.2 Å². The Hall–Kier alpha value is -2.13. The highest BCUT2D eigenvalue weighted by Crippen LogP contribution is 2.19. The van der Waals surface area contributed by atoms with E-state index in [-0.39, 0.29) is 5.69 Å². The molecule has 0 aliphatic heterocycles. The van der Waals surface area contributed by atoms with Crippen LogP contribution in [0.3, 0.4) is 0 Å². The number of hydrogen-bond acceptors (Lipinski definition) is 6. The molecule has 0 aliphatic carbocycles. The maximum Gasteiger partial charge on any atom is 0.271 e. The third-order valence-electron chi connectivity index (χ3n) is 2.19. The molecule has 7 nitrogen and oxygen atoms in total. The summed E-state index contributed by atoms with van der Waals surface area (Å²) in [6, 6.07) is 6.10. The Kier molecular flexibility index (Phi) is 3.97. The molecule has 0 fully saturated rings. The molecule has 0 radical (unpaired) electrons. The van der Waals surface area contributed by atoms with E-state index < -0.39 is 4.92 Å². The lowest BCUT2D eigenvalue weighted by atomic mass is 10.3. The molecule has 0 atom stereocenters. The van der Waals surface area contributed by atoms with Crippen molar-refractivity contribution in [3.63, 3.8) is 0 Å². The third-order valence-corrected chi connectivity index (χ3v) is 3.14. The maximum atomic E-state index is 10.7. The van der Waals surface area contributed by atoms with Gasteiger partial charge in [0.15, 0.2) is 5.11 Å². The molecule has 0 spiro atoms. The molecule has 2 rings (SSSR count). The SMILES string of the molecule is Cc1nnsc1NC(=S)Nc1cccc([N+](=O)[O-])c1. The van der Waals surface area contributed by atoms with Gasteiger partial charge in [0.05, 0.1) is 10.6 Å². The van der Waals surface area contributed by atoms with Crippen LogP contribution in [0.15, 0.2) is 24.3 Å². The van der Waals surface area contributed by atoms with Gasteiger partial charge in [-0.15, -0.1) is 5.10 Å². The lowest BCUT2D eigenvalue weighted by molar-refractivity contribution is -0.384. The van der Waals surface area contributed by atoms with Crippen LogP contribution in [0.5, 0.6) is 0 Å². The Morgan fingerprint density at radius 2 is 2.26 bits per heavy atom. The van der Waals surface area contributed by atoms with Gasteiger partial charge in [-0.1, -0.05) is 10.6 Å². The summed E-state index contributed by atoms with van der Waals surface area (Å²) in [5, 5.41) is 21.4. The van der Waals surface area contributed by atoms with Crippen molar-refractivity contribution in [2.24, 2.45) is 0 Å². The van der Waals surface area contributed by atoms with Crippen molar-refractivity contribution in [1.82, 2.24) is 9.59 Å². The van der Waals surface area contributed by atoms with Crippen LogP contribution < -0.4 is 10.6 Å². The second-order valence-electron chi connectivity index (χ2n) is 3.57. The van der Waals surface area contributed by atoms with Crippen molar-refractivity contribution in [2.45, 2.75) is 6.92 Å². The lowest BCUT2D eigenvalue weighted by Gasteiger charge is -2.08. The Morgan fingerprint density at radius 3 is 2.89 bits per heavy atom. The molecule has 1 heterocycles. The minimum atomic E-state index is -0.459. The van der Waals surface area contributed by atoms with Crippen molar-refractivity contribution in [3.05, 3.63) is 40.1 Å². The number of anilines is 2. The number of nitrogens with zero attached hydrogens (tertiary/aromatic N) is 3. The maximum absolute atomic E-state index is 10.7. The first-order valence-electron chi connectivity index (χ1n) is 5.17. The summed E-state index contributed by atoms with van der Waals surface area (Å²) in [6.07, 6.45) is 0. The van der Waals surface area contributed by atoms with Crippen LogP contribution in [0.25, 0.3) is 0 Å². The summed E-state index contributed by atoms with van der Waals surface area (Å²) in [5.74, 6) is 0. The average molecular weight is 295 g/mol. The van der Waals surface area contributed by atoms with Gasteiger partial charge < -0.3 is 10.6 Å². The summed E-state index contributed by atoms with van der Waals surface area (Å²) in [7, 11) is 0. The molecule has 0 amide bonds. The normalized spacial score (nSPS) is 9.95. The molecule has 19 heavy (non-hydrogen) atoms. The van der Waals surface area contributed by atoms with Gasteiger partial charge in [0.25, 0.3) is 5.69 Å². The molecule has 0 saturated heterocycles. The van der Waals surface area contributed by atoms with Crippen molar-refractivity contribution in [1.29, 1.82) is 0 Å². The Balaban J connectivity index is 2.05. The molecule has 2 N–H and O–H groups in total. The second-order valence-corrected chi connectivity index (χ2v) is 4.74. The highest BCUT2D eigenvalue weighted by Gasteiger charge is 2.08. The second kappa shape index (κ2) is 5.67. The van der Waals surface area contributed by atoms with Crippen molar-refractivity contribution >= 4 is 45.2 Å². The van der Waals surface area contributed by atoms with Crippen LogP contribution >= 0.6 is 23.8 Å². The third kappa shape index (κ3) is 3.42. The molecule has 0 unspecified atom stereocenters. The van der Waals surface area contributed by atoms with Gasteiger partial charge in [-0.3, -0.25) is 10.1 Å². The lowest BCUT2D eigenvalue weighted by Crippen LogP contribution is -2.18. The van der Waals surface area contributed by atoms with Gasteiger partial charge in [0.2, 0.25) is 0 Å². The summed E-state index contributed by atoms with van der Waals surface area (Å²) in [5.41, 5.74) is 1.29. The molecular formula is C10H9N5O2S2. The zero-order chi connectivity index (χ0) is 13.8. The quantitative estimate of drug-likeness (QED) is 0.510. The number of nitro groups is 1. The average Bonchev–Trinajstić information content (AvgIpc) is 2.75. The first-order chi connectivity index (χ1) is 9.06. The van der Waals surface area contributed by atoms with Crippen LogP contribution in [-0.4, -0.2) is 19.6 Å². The molecule has 0 aliphatic rings. The molecule has 9 heteroatoms. The number of nitrogens with one attached hydrogen (secondary N) is 2. The molecular weight excluding hydrogens is 286 g/mol. The van der Waals surface area contributed by atoms with E-state index >= 15 is 0 Å². The fourth-order valence-electron chi connectivity index (χ4n) is 1.31. The van der Waals surface area contributed by atoms with E-state index in [2.05, 4.69) is 20.2 Å². The monoisotopic (exact) mass is 295 g/mol. The van der Waals surface area contributed by atoms with Crippen LogP contribution in [-0.2, 0) is 0 Å². The molecule has 0 saturated carbocycles. The van der Waals surface area contributed by atoms with Gasteiger partial charge in [-0.05, 0) is 25.2 Å². The minimum absolute atomic E-state index is 0.00318. The van der Waals surface area contributed by atoms with Gasteiger partial charge in [0, 0.05) is 29.4 Å². The van der Waals surface area contributed by atoms with Crippen molar-refractivity contribution < 1.29 is 4.92 Å². The zero-order valence-electron chi connectivity index (χ0n) is 9.78. The predicted molar refractivity (Wildman–Crippen MR) is 77.6 cm³/mol. The van der Waals surface area contributed by atoms with E-state index in [0.29, 0.717) is 10.8 Å². The summed E-state index contributed by atoms with van der Waals surface area (Å²) in [4.78, 5) is 10.2. The fraction of sp³-hybridized carbons (Fsp3) is 0.100. The van der Waals surface area contributed by atoms with E-state index in [0.717, 1.165) is 10.7 Å². The Bertz CT molecular complexity index is 628. The molecule has 98 valence electrons. The van der Waals surface area contributed by atoms with Crippen LogP contribution in [0.1, 0.15) is 5.69 Å². The number of benzene rings is 1. The van der Waals surface area contributed by atoms with Gasteiger partial charge in [-0.25, -0.2) is 0 Å². The van der Waals surface area contributed by atoms with Crippen molar-refractivity contribution in [2.75, 3.05) is 10.6 Å². The molecule has 1 aromatic heterocycles. The number of nitro benzene ring substituents is 1. The van der Waals surface area contributed by atoms with Crippen LogP contribution in [0.2, 0.25) is 0 Å².